The van der Waals surface area contributed by atoms with Crippen LogP contribution < -0.4 is 5.32 Å². The van der Waals surface area contributed by atoms with Gasteiger partial charge in [0.15, 0.2) is 9.84 Å². The van der Waals surface area contributed by atoms with Gasteiger partial charge >= 0.3 is 6.03 Å². The largest absolute Gasteiger partial charge is 0.323 e. The second kappa shape index (κ2) is 7.45. The van der Waals surface area contributed by atoms with Gasteiger partial charge in [-0.3, -0.25) is 0 Å². The van der Waals surface area contributed by atoms with Crippen LogP contribution in [0.4, 0.5) is 14.9 Å². The van der Waals surface area contributed by atoms with E-state index in [9.17, 15) is 17.6 Å². The molecule has 7 heteroatoms. The molecule has 1 saturated heterocycles. The van der Waals surface area contributed by atoms with Crippen molar-refractivity contribution in [2.24, 2.45) is 0 Å². The number of nitrogens with zero attached hydrogens (tertiary/aromatic N) is 1. The summed E-state index contributed by atoms with van der Waals surface area (Å²) in [7, 11) is -3.54. The number of benzene rings is 2. The summed E-state index contributed by atoms with van der Waals surface area (Å²) in [5.41, 5.74) is 1.79. The minimum atomic E-state index is -3.54. The maximum absolute atomic E-state index is 14.1. The molecule has 1 heterocycles. The molecule has 0 bridgehead atoms. The highest BCUT2D eigenvalue weighted by Gasteiger charge is 2.34. The number of rotatable bonds is 2. The fourth-order valence-electron chi connectivity index (χ4n) is 3.14. The maximum atomic E-state index is 14.1. The molecule has 1 atom stereocenters. The third-order valence-electron chi connectivity index (χ3n) is 4.67. The first-order valence-corrected chi connectivity index (χ1v) is 10.2. The number of hydrogen-bond donors (Lipinski definition) is 1. The Labute approximate surface area is 152 Å². The summed E-state index contributed by atoms with van der Waals surface area (Å²) >= 11 is 0. The molecule has 2 aromatic carbocycles. The molecule has 0 spiro atoms. The number of anilines is 1. The highest BCUT2D eigenvalue weighted by molar-refractivity contribution is 7.91. The number of sulfone groups is 1. The van der Waals surface area contributed by atoms with Crippen LogP contribution in [0.5, 0.6) is 0 Å². The van der Waals surface area contributed by atoms with Crippen molar-refractivity contribution in [3.05, 3.63) is 65.5 Å². The first kappa shape index (κ1) is 18.4. The topological polar surface area (TPSA) is 66.5 Å². The minimum absolute atomic E-state index is 0.0883. The summed E-state index contributed by atoms with van der Waals surface area (Å²) in [5.74, 6) is -0.716. The Morgan fingerprint density at radius 1 is 1.12 bits per heavy atom. The highest BCUT2D eigenvalue weighted by atomic mass is 32.2. The van der Waals surface area contributed by atoms with Gasteiger partial charge in [0, 0.05) is 24.3 Å². The second-order valence-electron chi connectivity index (χ2n) is 6.40. The van der Waals surface area contributed by atoms with Crippen molar-refractivity contribution in [2.45, 2.75) is 18.6 Å². The molecule has 1 N–H and O–H groups in total. The molecule has 1 aliphatic heterocycles. The lowest BCUT2D eigenvalue weighted by molar-refractivity contribution is 0.215. The van der Waals surface area contributed by atoms with Crippen molar-refractivity contribution in [2.75, 3.05) is 24.2 Å². The van der Waals surface area contributed by atoms with Crippen LogP contribution in [0, 0.1) is 12.7 Å². The van der Waals surface area contributed by atoms with Gasteiger partial charge in [0.2, 0.25) is 0 Å². The lowest BCUT2D eigenvalue weighted by atomic mass is 10.1. The fraction of sp³-hybridized carbons (Fsp3) is 0.316. The van der Waals surface area contributed by atoms with Gasteiger partial charge in [-0.25, -0.2) is 17.6 Å². The van der Waals surface area contributed by atoms with Crippen molar-refractivity contribution in [1.82, 2.24) is 4.90 Å². The number of carbonyl (C=O) groups excluding carboxylic acids is 1. The van der Waals surface area contributed by atoms with Crippen LogP contribution in [0.25, 0.3) is 0 Å². The monoisotopic (exact) mass is 376 g/mol. The lowest BCUT2D eigenvalue weighted by Gasteiger charge is -2.21. The molecular formula is C19H21FN2O3S. The van der Waals surface area contributed by atoms with E-state index in [2.05, 4.69) is 5.32 Å². The molecule has 0 radical (unpaired) electrons. The third-order valence-corrected chi connectivity index (χ3v) is 6.77. The van der Waals surface area contributed by atoms with E-state index in [4.69, 9.17) is 0 Å². The Morgan fingerprint density at radius 2 is 1.81 bits per heavy atom. The smallest absolute Gasteiger partial charge is 0.321 e. The molecule has 1 fully saturated rings. The molecule has 138 valence electrons. The fourth-order valence-corrected chi connectivity index (χ4v) is 4.94. The number of urea groups is 1. The maximum Gasteiger partial charge on any atom is 0.321 e. The summed E-state index contributed by atoms with van der Waals surface area (Å²) in [6.07, 6.45) is 0.171. The normalized spacial score (nSPS) is 19.6. The van der Waals surface area contributed by atoms with Crippen LogP contribution in [0.3, 0.4) is 0 Å². The Hall–Kier alpha value is -2.41. The summed E-state index contributed by atoms with van der Waals surface area (Å²) < 4.78 is 39.3. The van der Waals surface area contributed by atoms with E-state index in [1.807, 2.05) is 25.1 Å². The van der Waals surface area contributed by atoms with Crippen LogP contribution >= 0.6 is 0 Å². The van der Waals surface area contributed by atoms with Gasteiger partial charge in [0.05, 0.1) is 11.0 Å². The Balaban J connectivity index is 1.77. The van der Waals surface area contributed by atoms with Gasteiger partial charge < -0.3 is 10.2 Å². The Morgan fingerprint density at radius 3 is 2.54 bits per heavy atom. The average Bonchev–Trinajstić information content (AvgIpc) is 2.76. The zero-order chi connectivity index (χ0) is 18.7. The summed E-state index contributed by atoms with van der Waals surface area (Å²) in [4.78, 5) is 14.0. The highest BCUT2D eigenvalue weighted by Crippen LogP contribution is 2.31. The van der Waals surface area contributed by atoms with Crippen molar-refractivity contribution in [3.63, 3.8) is 0 Å². The van der Waals surface area contributed by atoms with E-state index in [0.717, 1.165) is 5.56 Å². The second-order valence-corrected chi connectivity index (χ2v) is 8.70. The van der Waals surface area contributed by atoms with Crippen molar-refractivity contribution >= 4 is 21.6 Å². The van der Waals surface area contributed by atoms with Gasteiger partial charge in [-0.05, 0) is 31.0 Å². The van der Waals surface area contributed by atoms with Gasteiger partial charge in [0.25, 0.3) is 0 Å². The van der Waals surface area contributed by atoms with E-state index < -0.39 is 20.9 Å². The molecule has 1 unspecified atom stereocenters. The Kier molecular flexibility index (Phi) is 5.27. The zero-order valence-electron chi connectivity index (χ0n) is 14.5. The molecule has 0 aromatic heterocycles. The number of halogens is 1. The van der Waals surface area contributed by atoms with Gasteiger partial charge in [0.1, 0.15) is 5.82 Å². The lowest BCUT2D eigenvalue weighted by Crippen LogP contribution is -2.37. The number of amides is 2. The molecule has 0 saturated carbocycles. The van der Waals surface area contributed by atoms with E-state index in [1.165, 1.54) is 23.1 Å². The summed E-state index contributed by atoms with van der Waals surface area (Å²) in [6, 6.07) is 13.0. The molecule has 0 aliphatic carbocycles. The van der Waals surface area contributed by atoms with E-state index >= 15 is 0 Å². The number of nitrogens with one attached hydrogen (secondary N) is 1. The quantitative estimate of drug-likeness (QED) is 0.872. The first-order valence-electron chi connectivity index (χ1n) is 8.46. The van der Waals surface area contributed by atoms with Crippen molar-refractivity contribution < 1.29 is 17.6 Å². The molecule has 2 aromatic rings. The van der Waals surface area contributed by atoms with E-state index in [1.54, 1.807) is 12.1 Å². The molecule has 2 amide bonds. The van der Waals surface area contributed by atoms with Gasteiger partial charge in [-0.15, -0.1) is 0 Å². The summed E-state index contributed by atoms with van der Waals surface area (Å²) in [6.45, 7) is 2.22. The third kappa shape index (κ3) is 3.88. The summed E-state index contributed by atoms with van der Waals surface area (Å²) in [5, 5.41) is 1.89. The molecule has 1 aliphatic rings. The average molecular weight is 376 g/mol. The van der Waals surface area contributed by atoms with Crippen LogP contribution in [0.2, 0.25) is 0 Å². The minimum Gasteiger partial charge on any atom is -0.323 e. The van der Waals surface area contributed by atoms with E-state index in [-0.39, 0.29) is 36.9 Å². The van der Waals surface area contributed by atoms with Crippen LogP contribution in [0.1, 0.15) is 22.8 Å². The molecule has 26 heavy (non-hydrogen) atoms. The SMILES string of the molecule is Cc1ccccc1NC(=O)N1CCC(c2ccccc2F)S(=O)(=O)CC1. The van der Waals surface area contributed by atoms with E-state index in [0.29, 0.717) is 5.69 Å². The predicted octanol–water partition coefficient (Wildman–Crippen LogP) is 3.53. The zero-order valence-corrected chi connectivity index (χ0v) is 15.3. The molecule has 5 nitrogen and oxygen atoms in total. The first-order chi connectivity index (χ1) is 12.4. The van der Waals surface area contributed by atoms with Crippen molar-refractivity contribution in [1.29, 1.82) is 0 Å². The molecular weight excluding hydrogens is 355 g/mol. The van der Waals surface area contributed by atoms with Gasteiger partial charge in [-0.2, -0.15) is 0 Å². The predicted molar refractivity (Wildman–Crippen MR) is 99.3 cm³/mol. The van der Waals surface area contributed by atoms with Crippen LogP contribution in [-0.4, -0.2) is 38.2 Å². The van der Waals surface area contributed by atoms with Crippen LogP contribution in [0.15, 0.2) is 48.5 Å². The number of carbonyl (C=O) groups is 1. The number of hydrogen-bond acceptors (Lipinski definition) is 3. The van der Waals surface area contributed by atoms with Gasteiger partial charge in [-0.1, -0.05) is 36.4 Å². The number of aryl methyl sites for hydroxylation is 1. The van der Waals surface area contributed by atoms with Crippen molar-refractivity contribution in [3.8, 4) is 0 Å². The standard InChI is InChI=1S/C19H21FN2O3S/c1-14-6-2-5-9-17(14)21-19(23)22-11-10-18(26(24,25)13-12-22)15-7-3-4-8-16(15)20/h2-9,18H,10-13H2,1H3,(H,21,23). The Bertz CT molecular complexity index is 915. The number of para-hydroxylation sites is 1. The molecule has 3 rings (SSSR count). The van der Waals surface area contributed by atoms with Crippen LogP contribution in [-0.2, 0) is 9.84 Å².